The number of furan rings is 2. The summed E-state index contributed by atoms with van der Waals surface area (Å²) in [6, 6.07) is 162. The van der Waals surface area contributed by atoms with Gasteiger partial charge in [-0.25, -0.2) is 0 Å². The lowest BCUT2D eigenvalue weighted by atomic mass is 9.82. The predicted molar refractivity (Wildman–Crippen MR) is 548 cm³/mol. The van der Waals surface area contributed by atoms with E-state index in [-0.39, 0.29) is 5.41 Å². The van der Waals surface area contributed by atoms with E-state index in [2.05, 4.69) is 478 Å². The minimum atomic E-state index is -0.0579. The Morgan fingerprint density at radius 3 is 0.969 bits per heavy atom. The number of rotatable bonds is 8. The first-order valence-corrected chi connectivity index (χ1v) is 45.1. The summed E-state index contributed by atoms with van der Waals surface area (Å²) in [5, 5.41) is 19.4. The van der Waals surface area contributed by atoms with Crippen molar-refractivity contribution in [2.24, 2.45) is 0 Å². The van der Waals surface area contributed by atoms with Gasteiger partial charge in [-0.2, -0.15) is 0 Å². The second kappa shape index (κ2) is 28.9. The van der Waals surface area contributed by atoms with Crippen molar-refractivity contribution in [2.75, 3.05) is 0 Å². The Morgan fingerprint density at radius 1 is 0.168 bits per heavy atom. The fourth-order valence-electron chi connectivity index (χ4n) is 22.1. The van der Waals surface area contributed by atoms with Crippen molar-refractivity contribution in [1.29, 1.82) is 0 Å². The number of aromatic nitrogens is 6. The van der Waals surface area contributed by atoms with Gasteiger partial charge in [0.1, 0.15) is 22.3 Å². The summed E-state index contributed by atoms with van der Waals surface area (Å²) >= 11 is 0. The van der Waals surface area contributed by atoms with Crippen LogP contribution in [-0.4, -0.2) is 27.4 Å². The Kier molecular flexibility index (Phi) is 16.4. The summed E-state index contributed by atoms with van der Waals surface area (Å²) in [4.78, 5) is 0. The van der Waals surface area contributed by atoms with E-state index in [0.717, 1.165) is 77.1 Å². The lowest BCUT2D eigenvalue weighted by Gasteiger charge is -2.21. The van der Waals surface area contributed by atoms with Crippen LogP contribution < -0.4 is 0 Å². The molecule has 0 radical (unpaired) electrons. The van der Waals surface area contributed by atoms with Crippen molar-refractivity contribution in [3.63, 3.8) is 0 Å². The first-order chi connectivity index (χ1) is 64.8. The monoisotopic (exact) mass is 1670 g/mol. The molecule has 0 saturated carbocycles. The third kappa shape index (κ3) is 11.3. The highest BCUT2D eigenvalue weighted by molar-refractivity contribution is 6.26. The van der Waals surface area contributed by atoms with Crippen LogP contribution in [0, 0.1) is 0 Å². The molecule has 8 nitrogen and oxygen atoms in total. The second-order valence-electron chi connectivity index (χ2n) is 35.3. The van der Waals surface area contributed by atoms with Gasteiger partial charge in [0.15, 0.2) is 0 Å². The Balaban J connectivity index is 0.000000101. The van der Waals surface area contributed by atoms with Gasteiger partial charge in [-0.3, -0.25) is 0 Å². The highest BCUT2D eigenvalue weighted by Crippen LogP contribution is 2.53. The normalized spacial score (nSPS) is 12.6. The number of para-hydroxylation sites is 11. The first kappa shape index (κ1) is 74.1. The highest BCUT2D eigenvalue weighted by atomic mass is 16.3. The summed E-state index contributed by atoms with van der Waals surface area (Å²) in [5.74, 6) is 0. The third-order valence-corrected chi connectivity index (χ3v) is 27.9. The molecule has 0 fully saturated rings. The SMILES string of the molecule is CC1(C)c2ccccc2-c2cc3c4ccccc4n(-c4cccc(-c5ccc6c(c5)c5ccccc5n6-c5ccccc5)c4)c3cc21.c1ccc(-n2c3ccccc3c3cc(-c4ccc(-n5c6ccccc6c6c7oc8ccccc8c7ccc65)cc4)ccc32)cc1.c1ccc(-n2c3ccccc3c3cc(-n4c5ccccc5c5c6oc7ccccc7c6ccc54)ccc32)cc1. The van der Waals surface area contributed by atoms with Crippen LogP contribution in [0.4, 0.5) is 0 Å². The van der Waals surface area contributed by atoms with Crippen LogP contribution in [0.2, 0.25) is 0 Å². The average Bonchev–Trinajstić information content (AvgIpc) is 1.55. The minimum Gasteiger partial charge on any atom is -0.455 e. The molecule has 0 aliphatic heterocycles. The number of hydrogen-bond donors (Lipinski definition) is 0. The third-order valence-electron chi connectivity index (χ3n) is 27.9. The molecule has 8 aromatic heterocycles. The zero-order valence-electron chi connectivity index (χ0n) is 71.7. The van der Waals surface area contributed by atoms with Gasteiger partial charge in [0, 0.05) is 115 Å². The van der Waals surface area contributed by atoms with Gasteiger partial charge < -0.3 is 36.2 Å². The Hall–Kier alpha value is -17.2. The predicted octanol–water partition coefficient (Wildman–Crippen LogP) is 33.1. The molecule has 0 unspecified atom stereocenters. The summed E-state index contributed by atoms with van der Waals surface area (Å²) < 4.78 is 27.3. The molecule has 29 rings (SSSR count). The topological polar surface area (TPSA) is 55.9 Å². The van der Waals surface area contributed by atoms with Crippen molar-refractivity contribution >= 4 is 175 Å². The van der Waals surface area contributed by atoms with Gasteiger partial charge in [0.25, 0.3) is 0 Å². The van der Waals surface area contributed by atoms with E-state index in [0.29, 0.717) is 0 Å². The van der Waals surface area contributed by atoms with E-state index < -0.39 is 0 Å². The van der Waals surface area contributed by atoms with Crippen LogP contribution in [0.1, 0.15) is 25.0 Å². The molecular formula is C123H80N6O2. The average molecular weight is 1670 g/mol. The smallest absolute Gasteiger partial charge is 0.145 e. The fourth-order valence-corrected chi connectivity index (χ4v) is 22.1. The van der Waals surface area contributed by atoms with Crippen LogP contribution in [0.3, 0.4) is 0 Å². The zero-order chi connectivity index (χ0) is 86.3. The highest BCUT2D eigenvalue weighted by Gasteiger charge is 2.37. The maximum Gasteiger partial charge on any atom is 0.145 e. The van der Waals surface area contributed by atoms with Gasteiger partial charge in [0.05, 0.1) is 77.0 Å². The van der Waals surface area contributed by atoms with Crippen molar-refractivity contribution in [1.82, 2.24) is 27.4 Å². The summed E-state index contributed by atoms with van der Waals surface area (Å²) in [6.45, 7) is 4.73. The molecule has 614 valence electrons. The summed E-state index contributed by atoms with van der Waals surface area (Å²) in [6.07, 6.45) is 0. The molecule has 0 N–H and O–H groups in total. The van der Waals surface area contributed by atoms with E-state index in [1.54, 1.807) is 0 Å². The lowest BCUT2D eigenvalue weighted by molar-refractivity contribution is 0.661. The standard InChI is InChI=1S/C45H32N2.C42H26N2O.C36H22N2O/c1-45(2)39-20-9-6-17-33(39)36-27-38-35-19-8-11-22-42(35)47(44(38)28-40(36)45)32-16-12-13-29(25-32)30-23-24-43-37(26-30)34-18-7-10-21-41(34)46(43)31-14-4-3-5-15-31;1-2-10-29(11-3-1)43-36-15-7-4-12-31(36)35-26-28(20-24-38(35)43)27-18-21-30(22-19-27)44-37-16-8-5-14-34(37)41-39(44)25-23-33-32-13-6-9-17-40(32)45-42(33)41;1-2-10-23(11-3-1)37-30-15-7-4-12-25(30)29-22-24(18-20-32(29)37)38-31-16-8-5-14-28(31)35-33(38)21-19-27-26-13-6-9-17-34(26)39-36(27)35/h3-28H,1-2H3;1-26H;1-22H. The van der Waals surface area contributed by atoms with Gasteiger partial charge in [-0.15, -0.1) is 0 Å². The number of fused-ring (bicyclic) bond motifs is 29. The molecule has 131 heavy (non-hydrogen) atoms. The first-order valence-electron chi connectivity index (χ1n) is 45.1. The second-order valence-corrected chi connectivity index (χ2v) is 35.3. The molecule has 8 heteroatoms. The molecule has 20 aromatic carbocycles. The van der Waals surface area contributed by atoms with Gasteiger partial charge >= 0.3 is 0 Å². The molecule has 0 saturated heterocycles. The zero-order valence-corrected chi connectivity index (χ0v) is 71.7. The minimum absolute atomic E-state index is 0.0579. The number of nitrogens with zero attached hydrogens (tertiary/aromatic N) is 6. The molecule has 0 atom stereocenters. The van der Waals surface area contributed by atoms with Crippen LogP contribution in [-0.2, 0) is 5.41 Å². The van der Waals surface area contributed by atoms with Gasteiger partial charge in [-0.05, 0) is 233 Å². The lowest BCUT2D eigenvalue weighted by Crippen LogP contribution is -2.14. The Labute approximate surface area is 752 Å². The molecular weight excluding hydrogens is 1590 g/mol. The van der Waals surface area contributed by atoms with Crippen LogP contribution in [0.25, 0.3) is 242 Å². The molecule has 28 aromatic rings. The summed E-state index contributed by atoms with van der Waals surface area (Å²) in [7, 11) is 0. The molecule has 1 aliphatic rings. The van der Waals surface area contributed by atoms with Crippen molar-refractivity contribution < 1.29 is 8.83 Å². The van der Waals surface area contributed by atoms with E-state index >= 15 is 0 Å². The summed E-state index contributed by atoms with van der Waals surface area (Å²) in [5.41, 5.74) is 35.4. The number of hydrogen-bond acceptors (Lipinski definition) is 2. The number of benzene rings is 20. The Morgan fingerprint density at radius 2 is 0.481 bits per heavy atom. The molecule has 8 heterocycles. The van der Waals surface area contributed by atoms with Crippen molar-refractivity contribution in [3.8, 4) is 67.5 Å². The van der Waals surface area contributed by atoms with E-state index in [1.807, 2.05) is 12.1 Å². The van der Waals surface area contributed by atoms with Crippen molar-refractivity contribution in [2.45, 2.75) is 19.3 Å². The van der Waals surface area contributed by atoms with Crippen LogP contribution in [0.5, 0.6) is 0 Å². The van der Waals surface area contributed by atoms with Gasteiger partial charge in [0.2, 0.25) is 0 Å². The maximum atomic E-state index is 6.49. The quantitative estimate of drug-likeness (QED) is 0.152. The Bertz CT molecular complexity index is 9580. The maximum absolute atomic E-state index is 6.49. The van der Waals surface area contributed by atoms with Crippen LogP contribution >= 0.6 is 0 Å². The van der Waals surface area contributed by atoms with Gasteiger partial charge in [-0.1, -0.05) is 275 Å². The fraction of sp³-hybridized carbons (Fsp3) is 0.0244. The van der Waals surface area contributed by atoms with E-state index in [1.165, 1.54) is 176 Å². The van der Waals surface area contributed by atoms with Crippen molar-refractivity contribution in [3.05, 3.63) is 460 Å². The van der Waals surface area contributed by atoms with E-state index in [4.69, 9.17) is 8.83 Å². The molecule has 0 amide bonds. The van der Waals surface area contributed by atoms with E-state index in [9.17, 15) is 0 Å². The largest absolute Gasteiger partial charge is 0.455 e. The molecule has 0 spiro atoms. The molecule has 1 aliphatic carbocycles. The van der Waals surface area contributed by atoms with Crippen LogP contribution in [0.15, 0.2) is 458 Å². The molecule has 0 bridgehead atoms.